The molecule has 468 valence electrons. The van der Waals surface area contributed by atoms with E-state index in [2.05, 4.69) is 0 Å². The second-order valence-corrected chi connectivity index (χ2v) is 29.0. The second-order valence-electron chi connectivity index (χ2n) is 23.0. The molecule has 0 aromatic heterocycles. The van der Waals surface area contributed by atoms with E-state index in [-0.39, 0.29) is 36.3 Å². The fraction of sp³-hybridized carbons (Fsp3) is 0.375. The van der Waals surface area contributed by atoms with Crippen LogP contribution in [0.3, 0.4) is 0 Å². The van der Waals surface area contributed by atoms with Gasteiger partial charge in [-0.15, -0.1) is 0 Å². The summed E-state index contributed by atoms with van der Waals surface area (Å²) in [4.78, 5) is 55.5. The van der Waals surface area contributed by atoms with E-state index in [9.17, 15) is 46.2 Å². The maximum Gasteiger partial charge on any atom is 0.306 e. The number of hydrogen-bond donors (Lipinski definition) is 2. The van der Waals surface area contributed by atoms with Crippen molar-refractivity contribution in [2.75, 3.05) is 21.7 Å². The fourth-order valence-electron chi connectivity index (χ4n) is 11.4. The number of carbonyl (C=O) groups excluding carboxylic acids is 2. The number of hydrogen-bond acceptors (Lipinski definition) is 10. The van der Waals surface area contributed by atoms with Crippen molar-refractivity contribution in [2.45, 2.75) is 125 Å². The van der Waals surface area contributed by atoms with Crippen molar-refractivity contribution in [3.05, 3.63) is 200 Å². The summed E-state index contributed by atoms with van der Waals surface area (Å²) < 4.78 is 100. The van der Waals surface area contributed by atoms with Crippen molar-refractivity contribution < 1.29 is 64.5 Å². The van der Waals surface area contributed by atoms with E-state index in [1.807, 2.05) is 27.7 Å². The molecule has 16 nitrogen and oxygen atoms in total. The van der Waals surface area contributed by atoms with Crippen LogP contribution in [0.15, 0.2) is 146 Å². The number of aliphatic carboxylic acids is 2. The van der Waals surface area contributed by atoms with Crippen LogP contribution < -0.4 is 8.61 Å². The largest absolute Gasteiger partial charge is 0.481 e. The summed E-state index contributed by atoms with van der Waals surface area (Å²) in [6, 6.07) is 35.5. The molecule has 2 aliphatic heterocycles. The Morgan fingerprint density at radius 3 is 1.15 bits per heavy atom. The van der Waals surface area contributed by atoms with Crippen LogP contribution in [0.4, 0.5) is 20.2 Å². The zero-order valence-electron chi connectivity index (χ0n) is 48.3. The Bertz CT molecular complexity index is 3510. The van der Waals surface area contributed by atoms with E-state index in [0.29, 0.717) is 68.0 Å². The smallest absolute Gasteiger partial charge is 0.306 e. The lowest BCUT2D eigenvalue weighted by Gasteiger charge is -2.50. The van der Waals surface area contributed by atoms with Gasteiger partial charge in [0.05, 0.1) is 72.0 Å². The molecule has 24 heteroatoms. The molecule has 0 bridgehead atoms. The standard InChI is InChI=1S/2C32H33Cl2FN2O6S/c2*1-19(2)27(18-36(44(41,42)24-14-15-24)26-9-4-3-8-25(26)35)37-30(20-10-12-22(33)13-11-20)31(21-6-5-7-23(34)16-21)43-28(32(37)40)17-29(38)39/h2*3-13,16,19,24,27-28,30-31H,14-15,17-18H2,1-2H3,(H,38,39)/t27?,28-,30+,31+;27?,28-,30-,31-/m01/s1. The quantitative estimate of drug-likeness (QED) is 0.0651. The minimum absolute atomic E-state index is 0.109. The fourth-order valence-corrected chi connectivity index (χ4v) is 15.8. The predicted octanol–water partition coefficient (Wildman–Crippen LogP) is 13.3. The van der Waals surface area contributed by atoms with Crippen LogP contribution in [0.1, 0.15) is 113 Å². The molecule has 2 aliphatic carbocycles. The Labute approximate surface area is 530 Å². The van der Waals surface area contributed by atoms with Gasteiger partial charge in [-0.3, -0.25) is 27.8 Å². The summed E-state index contributed by atoms with van der Waals surface area (Å²) in [5.41, 5.74) is 2.25. The van der Waals surface area contributed by atoms with Crippen LogP contribution >= 0.6 is 46.4 Å². The minimum Gasteiger partial charge on any atom is -0.481 e. The Morgan fingerprint density at radius 2 is 0.852 bits per heavy atom. The number of rotatable bonds is 22. The van der Waals surface area contributed by atoms with Crippen molar-refractivity contribution in [1.29, 1.82) is 0 Å². The van der Waals surface area contributed by atoms with E-state index >= 15 is 8.78 Å². The van der Waals surface area contributed by atoms with Gasteiger partial charge in [-0.1, -0.05) is 147 Å². The molecule has 0 spiro atoms. The number of carboxylic acid groups (broad SMARTS) is 2. The van der Waals surface area contributed by atoms with Crippen molar-refractivity contribution in [1.82, 2.24) is 9.80 Å². The molecule has 8 atom stereocenters. The molecule has 2 amide bonds. The third-order valence-corrected chi connectivity index (χ3v) is 21.6. The van der Waals surface area contributed by atoms with Gasteiger partial charge in [0.25, 0.3) is 11.8 Å². The van der Waals surface area contributed by atoms with E-state index < -0.39 is 127 Å². The summed E-state index contributed by atoms with van der Waals surface area (Å²) in [5, 5.41) is 19.9. The highest BCUT2D eigenvalue weighted by Crippen LogP contribution is 2.49. The van der Waals surface area contributed by atoms with Crippen molar-refractivity contribution in [2.24, 2.45) is 11.8 Å². The van der Waals surface area contributed by atoms with Gasteiger partial charge in [-0.2, -0.15) is 0 Å². The molecule has 2 unspecified atom stereocenters. The van der Waals surface area contributed by atoms with Gasteiger partial charge in [0.2, 0.25) is 20.0 Å². The summed E-state index contributed by atoms with van der Waals surface area (Å²) in [6.45, 7) is 6.86. The number of carbonyl (C=O) groups is 4. The SMILES string of the molecule is CC(C)C(CN(c1ccccc1F)S(=O)(=O)C1CC1)N1C(=O)[C@@H](CC(=O)O)O[C@H](c2cccc(Cl)c2)[C@H]1c1ccc(Cl)cc1.CC(C)C(CN(c1ccccc1F)S(=O)(=O)C1CC1)N1C(=O)[C@H](CC(=O)O)O[C@H](c2cccc(Cl)c2)[C@H]1c1ccc(Cl)cc1. The number of ether oxygens (including phenoxy) is 2. The molecule has 4 aliphatic rings. The van der Waals surface area contributed by atoms with Crippen LogP contribution in [0.25, 0.3) is 0 Å². The van der Waals surface area contributed by atoms with Gasteiger partial charge in [-0.05, 0) is 133 Å². The highest BCUT2D eigenvalue weighted by Gasteiger charge is 2.52. The molecule has 2 saturated heterocycles. The van der Waals surface area contributed by atoms with Gasteiger partial charge in [0.1, 0.15) is 36.1 Å². The average Bonchev–Trinajstić information content (AvgIpc) is 2.31. The number of para-hydroxylation sites is 2. The van der Waals surface area contributed by atoms with Gasteiger partial charge in [0, 0.05) is 20.1 Å². The topological polar surface area (TPSA) is 208 Å². The van der Waals surface area contributed by atoms with Crippen LogP contribution in [0.5, 0.6) is 0 Å². The molecule has 4 fully saturated rings. The lowest BCUT2D eigenvalue weighted by atomic mass is 9.88. The van der Waals surface area contributed by atoms with Crippen LogP contribution in [-0.4, -0.2) is 108 Å². The third-order valence-electron chi connectivity index (χ3n) is 16.1. The maximum absolute atomic E-state index is 15.2. The van der Waals surface area contributed by atoms with Crippen LogP contribution in [-0.2, 0) is 48.7 Å². The van der Waals surface area contributed by atoms with Crippen LogP contribution in [0.2, 0.25) is 20.1 Å². The number of halogens is 6. The minimum atomic E-state index is -3.98. The molecule has 10 rings (SSSR count). The normalized spacial score (nSPS) is 21.4. The molecular formula is C64H66Cl4F2N4O12S2. The van der Waals surface area contributed by atoms with E-state index in [1.54, 1.807) is 109 Å². The Hall–Kier alpha value is -6.36. The van der Waals surface area contributed by atoms with E-state index in [1.165, 1.54) is 46.2 Å². The molecule has 2 N–H and O–H groups in total. The third kappa shape index (κ3) is 14.9. The van der Waals surface area contributed by atoms with Crippen LogP contribution in [0, 0.1) is 23.5 Å². The number of anilines is 2. The number of morpholine rings is 2. The number of benzene rings is 6. The summed E-state index contributed by atoms with van der Waals surface area (Å²) in [7, 11) is -7.97. The van der Waals surface area contributed by atoms with Gasteiger partial charge >= 0.3 is 11.9 Å². The Balaban J connectivity index is 0.000000209. The van der Waals surface area contributed by atoms with Gasteiger partial charge in [0.15, 0.2) is 0 Å². The molecule has 2 heterocycles. The second kappa shape index (κ2) is 27.8. The number of amides is 2. The van der Waals surface area contributed by atoms with Crippen molar-refractivity contribution >= 4 is 102 Å². The number of nitrogens with zero attached hydrogens (tertiary/aromatic N) is 4. The lowest BCUT2D eigenvalue weighted by molar-refractivity contribution is -0.184. The highest BCUT2D eigenvalue weighted by atomic mass is 35.5. The number of carboxylic acids is 2. The van der Waals surface area contributed by atoms with Crippen molar-refractivity contribution in [3.8, 4) is 0 Å². The lowest BCUT2D eigenvalue weighted by Crippen LogP contribution is -2.59. The molecule has 6 aromatic carbocycles. The molecule has 6 aromatic rings. The summed E-state index contributed by atoms with van der Waals surface area (Å²) >= 11 is 25.2. The Morgan fingerprint density at radius 1 is 0.511 bits per heavy atom. The first-order chi connectivity index (χ1) is 41.8. The highest BCUT2D eigenvalue weighted by molar-refractivity contribution is 7.94. The molecule has 2 saturated carbocycles. The maximum atomic E-state index is 15.2. The first kappa shape index (κ1) is 66.1. The molecule has 88 heavy (non-hydrogen) atoms. The van der Waals surface area contributed by atoms with E-state index in [4.69, 9.17) is 55.9 Å². The van der Waals surface area contributed by atoms with Gasteiger partial charge in [-0.25, -0.2) is 25.6 Å². The zero-order chi connectivity index (χ0) is 63.5. The monoisotopic (exact) mass is 1320 g/mol. The predicted molar refractivity (Wildman–Crippen MR) is 333 cm³/mol. The number of sulfonamides is 2. The van der Waals surface area contributed by atoms with Gasteiger partial charge < -0.3 is 29.5 Å². The van der Waals surface area contributed by atoms with Crippen molar-refractivity contribution in [3.63, 3.8) is 0 Å². The molecule has 0 radical (unpaired) electrons. The first-order valence-corrected chi connectivity index (χ1v) is 33.2. The summed E-state index contributed by atoms with van der Waals surface area (Å²) in [5.74, 6) is -5.79. The zero-order valence-corrected chi connectivity index (χ0v) is 52.9. The summed E-state index contributed by atoms with van der Waals surface area (Å²) in [6.07, 6.45) is -3.87. The molecular weight excluding hydrogens is 1260 g/mol. The Kier molecular flexibility index (Phi) is 20.9. The van der Waals surface area contributed by atoms with E-state index in [0.717, 1.165) is 8.61 Å². The first-order valence-electron chi connectivity index (χ1n) is 28.7. The average molecular weight is 1330 g/mol.